The van der Waals surface area contributed by atoms with E-state index in [2.05, 4.69) is 4.74 Å². The fraction of sp³-hybridized carbons (Fsp3) is 0.286. The summed E-state index contributed by atoms with van der Waals surface area (Å²) in [6, 6.07) is 6.67. The number of thioether (sulfide) groups is 1. The molecule has 0 aliphatic carbocycles. The fourth-order valence-corrected chi connectivity index (χ4v) is 2.32. The van der Waals surface area contributed by atoms with E-state index in [9.17, 15) is 14.7 Å². The molecule has 0 radical (unpaired) electrons. The van der Waals surface area contributed by atoms with Gasteiger partial charge in [-0.2, -0.15) is 0 Å². The van der Waals surface area contributed by atoms with E-state index in [4.69, 9.17) is 4.74 Å². The molecule has 1 rings (SSSR count). The van der Waals surface area contributed by atoms with E-state index in [-0.39, 0.29) is 17.3 Å². The van der Waals surface area contributed by atoms with Crippen LogP contribution in [0, 0.1) is 0 Å². The minimum Gasteiger partial charge on any atom is -0.511 e. The molecule has 0 amide bonds. The SMILES string of the molecule is CCOC(=O)/C(Sc1ccccc1C(=O)OC)=C(/C)O. The molecular formula is C14H16O5S. The molecule has 0 fully saturated rings. The molecule has 0 heterocycles. The van der Waals surface area contributed by atoms with Gasteiger partial charge in [0.1, 0.15) is 10.7 Å². The zero-order valence-electron chi connectivity index (χ0n) is 11.5. The van der Waals surface area contributed by atoms with E-state index in [0.29, 0.717) is 10.5 Å². The van der Waals surface area contributed by atoms with Gasteiger partial charge in [0.15, 0.2) is 0 Å². The van der Waals surface area contributed by atoms with Crippen molar-refractivity contribution in [3.63, 3.8) is 0 Å². The monoisotopic (exact) mass is 296 g/mol. The van der Waals surface area contributed by atoms with Gasteiger partial charge in [-0.3, -0.25) is 0 Å². The number of aliphatic hydroxyl groups is 1. The Morgan fingerprint density at radius 1 is 1.30 bits per heavy atom. The van der Waals surface area contributed by atoms with Gasteiger partial charge in [0.05, 0.1) is 19.3 Å². The van der Waals surface area contributed by atoms with Gasteiger partial charge in [-0.1, -0.05) is 23.9 Å². The topological polar surface area (TPSA) is 72.8 Å². The summed E-state index contributed by atoms with van der Waals surface area (Å²) in [5, 5.41) is 9.60. The quantitative estimate of drug-likeness (QED) is 0.390. The molecule has 6 heteroatoms. The van der Waals surface area contributed by atoms with Gasteiger partial charge in [0.2, 0.25) is 0 Å². The average Bonchev–Trinajstić information content (AvgIpc) is 2.44. The zero-order chi connectivity index (χ0) is 15.1. The number of benzene rings is 1. The molecular weight excluding hydrogens is 280 g/mol. The maximum absolute atomic E-state index is 11.8. The van der Waals surface area contributed by atoms with Crippen molar-refractivity contribution in [1.29, 1.82) is 0 Å². The van der Waals surface area contributed by atoms with Crippen molar-refractivity contribution in [2.75, 3.05) is 13.7 Å². The molecule has 1 aromatic carbocycles. The molecule has 0 saturated carbocycles. The number of hydrogen-bond acceptors (Lipinski definition) is 6. The number of allylic oxidation sites excluding steroid dienone is 1. The smallest absolute Gasteiger partial charge is 0.348 e. The van der Waals surface area contributed by atoms with Gasteiger partial charge in [-0.25, -0.2) is 9.59 Å². The highest BCUT2D eigenvalue weighted by Crippen LogP contribution is 2.32. The second-order valence-electron chi connectivity index (χ2n) is 3.72. The largest absolute Gasteiger partial charge is 0.511 e. The van der Waals surface area contributed by atoms with Crippen molar-refractivity contribution in [2.24, 2.45) is 0 Å². The van der Waals surface area contributed by atoms with E-state index < -0.39 is 11.9 Å². The van der Waals surface area contributed by atoms with Crippen molar-refractivity contribution < 1.29 is 24.2 Å². The van der Waals surface area contributed by atoms with Crippen LogP contribution >= 0.6 is 11.8 Å². The van der Waals surface area contributed by atoms with Crippen molar-refractivity contribution in [2.45, 2.75) is 18.7 Å². The van der Waals surface area contributed by atoms with Crippen LogP contribution in [0.4, 0.5) is 0 Å². The number of hydrogen-bond donors (Lipinski definition) is 1. The first-order chi connectivity index (χ1) is 9.51. The van der Waals surface area contributed by atoms with E-state index in [1.54, 1.807) is 31.2 Å². The second-order valence-corrected chi connectivity index (χ2v) is 4.78. The van der Waals surface area contributed by atoms with Gasteiger partial charge >= 0.3 is 11.9 Å². The Balaban J connectivity index is 3.11. The van der Waals surface area contributed by atoms with Gasteiger partial charge < -0.3 is 14.6 Å². The first kappa shape index (κ1) is 16.1. The molecule has 0 aliphatic rings. The molecule has 0 unspecified atom stereocenters. The molecule has 0 aromatic heterocycles. The van der Waals surface area contributed by atoms with Crippen LogP contribution in [0.25, 0.3) is 0 Å². The Morgan fingerprint density at radius 3 is 2.50 bits per heavy atom. The van der Waals surface area contributed by atoms with Crippen LogP contribution < -0.4 is 0 Å². The van der Waals surface area contributed by atoms with Gasteiger partial charge in [-0.05, 0) is 26.0 Å². The predicted octanol–water partition coefficient (Wildman–Crippen LogP) is 2.92. The van der Waals surface area contributed by atoms with Crippen LogP contribution in [0.3, 0.4) is 0 Å². The lowest BCUT2D eigenvalue weighted by Crippen LogP contribution is -2.08. The second kappa shape index (κ2) is 7.59. The van der Waals surface area contributed by atoms with Crippen molar-refractivity contribution in [3.05, 3.63) is 40.5 Å². The number of carbonyl (C=O) groups excluding carboxylic acids is 2. The standard InChI is InChI=1S/C14H16O5S/c1-4-19-14(17)12(9(2)15)20-11-8-6-5-7-10(11)13(16)18-3/h5-8,15H,4H2,1-3H3/b12-9+. The first-order valence-corrected chi connectivity index (χ1v) is 6.75. The number of methoxy groups -OCH3 is 1. The first-order valence-electron chi connectivity index (χ1n) is 5.93. The maximum atomic E-state index is 11.8. The van der Waals surface area contributed by atoms with Crippen LogP contribution in [-0.4, -0.2) is 30.8 Å². The summed E-state index contributed by atoms with van der Waals surface area (Å²) in [5.41, 5.74) is 0.322. The molecule has 108 valence electrons. The third-order valence-electron chi connectivity index (χ3n) is 2.29. The molecule has 0 bridgehead atoms. The van der Waals surface area contributed by atoms with Crippen LogP contribution in [-0.2, 0) is 14.3 Å². The summed E-state index contributed by atoms with van der Waals surface area (Å²) in [4.78, 5) is 24.0. The predicted molar refractivity (Wildman–Crippen MR) is 75.6 cm³/mol. The van der Waals surface area contributed by atoms with Crippen LogP contribution in [0.15, 0.2) is 39.8 Å². The highest BCUT2D eigenvalue weighted by Gasteiger charge is 2.20. The summed E-state index contributed by atoms with van der Waals surface area (Å²) in [5.74, 6) is -1.29. The number of carbonyl (C=O) groups is 2. The van der Waals surface area contributed by atoms with Gasteiger partial charge in [-0.15, -0.1) is 0 Å². The summed E-state index contributed by atoms with van der Waals surface area (Å²) >= 11 is 0.969. The zero-order valence-corrected chi connectivity index (χ0v) is 12.3. The lowest BCUT2D eigenvalue weighted by molar-refractivity contribution is -0.137. The van der Waals surface area contributed by atoms with Crippen LogP contribution in [0.1, 0.15) is 24.2 Å². The number of rotatable bonds is 5. The highest BCUT2D eigenvalue weighted by atomic mass is 32.2. The third kappa shape index (κ3) is 4.03. The Bertz CT molecular complexity index is 532. The minimum absolute atomic E-state index is 0.0446. The Morgan fingerprint density at radius 2 is 1.95 bits per heavy atom. The van der Waals surface area contributed by atoms with E-state index in [1.165, 1.54) is 14.0 Å². The van der Waals surface area contributed by atoms with E-state index in [1.807, 2.05) is 0 Å². The summed E-state index contributed by atoms with van der Waals surface area (Å²) < 4.78 is 9.55. The Kier molecular flexibility index (Phi) is 6.11. The fourth-order valence-electron chi connectivity index (χ4n) is 1.40. The number of aliphatic hydroxyl groups excluding tert-OH is 1. The van der Waals surface area contributed by atoms with Crippen LogP contribution in [0.2, 0.25) is 0 Å². The van der Waals surface area contributed by atoms with E-state index in [0.717, 1.165) is 11.8 Å². The molecule has 0 saturated heterocycles. The maximum Gasteiger partial charge on any atom is 0.348 e. The molecule has 5 nitrogen and oxygen atoms in total. The molecule has 1 aromatic rings. The highest BCUT2D eigenvalue weighted by molar-refractivity contribution is 8.04. The molecule has 0 spiro atoms. The molecule has 0 atom stereocenters. The molecule has 20 heavy (non-hydrogen) atoms. The summed E-state index contributed by atoms with van der Waals surface area (Å²) in [6.07, 6.45) is 0. The number of ether oxygens (including phenoxy) is 2. The number of esters is 2. The minimum atomic E-state index is -0.628. The third-order valence-corrected chi connectivity index (χ3v) is 3.54. The Labute approximate surface area is 121 Å². The summed E-state index contributed by atoms with van der Waals surface area (Å²) in [6.45, 7) is 3.27. The van der Waals surface area contributed by atoms with Gasteiger partial charge in [0.25, 0.3) is 0 Å². The van der Waals surface area contributed by atoms with Crippen molar-refractivity contribution in [3.8, 4) is 0 Å². The lowest BCUT2D eigenvalue weighted by atomic mass is 10.2. The normalized spacial score (nSPS) is 11.6. The molecule has 1 N–H and O–H groups in total. The average molecular weight is 296 g/mol. The van der Waals surface area contributed by atoms with Crippen molar-refractivity contribution >= 4 is 23.7 Å². The van der Waals surface area contributed by atoms with Crippen molar-refractivity contribution in [1.82, 2.24) is 0 Å². The van der Waals surface area contributed by atoms with Crippen LogP contribution in [0.5, 0.6) is 0 Å². The Hall–Kier alpha value is -1.95. The van der Waals surface area contributed by atoms with E-state index >= 15 is 0 Å². The molecule has 0 aliphatic heterocycles. The lowest BCUT2D eigenvalue weighted by Gasteiger charge is -2.10. The summed E-state index contributed by atoms with van der Waals surface area (Å²) in [7, 11) is 1.28. The van der Waals surface area contributed by atoms with Gasteiger partial charge in [0, 0.05) is 4.90 Å².